The molecule has 2 heterocycles. The van der Waals surface area contributed by atoms with Gasteiger partial charge >= 0.3 is 0 Å². The molecule has 1 unspecified atom stereocenters. The molecule has 0 spiro atoms. The van der Waals surface area contributed by atoms with Crippen LogP contribution in [0.3, 0.4) is 0 Å². The van der Waals surface area contributed by atoms with Gasteiger partial charge in [0.25, 0.3) is 11.5 Å². The van der Waals surface area contributed by atoms with E-state index in [2.05, 4.69) is 10.4 Å². The second kappa shape index (κ2) is 4.67. The summed E-state index contributed by atoms with van der Waals surface area (Å²) < 4.78 is 1.02. The first kappa shape index (κ1) is 11.8. The van der Waals surface area contributed by atoms with Crippen LogP contribution in [0, 0.1) is 0 Å². The van der Waals surface area contributed by atoms with Crippen molar-refractivity contribution in [2.24, 2.45) is 0 Å². The Morgan fingerprint density at radius 2 is 2.12 bits per heavy atom. The third-order valence-corrected chi connectivity index (χ3v) is 2.74. The molecule has 0 aromatic carbocycles. The lowest BCUT2D eigenvalue weighted by Crippen LogP contribution is -2.38. The lowest BCUT2D eigenvalue weighted by atomic mass is 10.1. The Balaban J connectivity index is 2.38. The Bertz CT molecular complexity index is 526. The Kier molecular flexibility index (Phi) is 3.23. The van der Waals surface area contributed by atoms with Crippen LogP contribution in [0.1, 0.15) is 25.3 Å². The summed E-state index contributed by atoms with van der Waals surface area (Å²) >= 11 is 5.68. The summed E-state index contributed by atoms with van der Waals surface area (Å²) in [5.74, 6) is -0.836. The van der Waals surface area contributed by atoms with Crippen LogP contribution in [0.25, 0.3) is 0 Å². The van der Waals surface area contributed by atoms with E-state index >= 15 is 0 Å². The van der Waals surface area contributed by atoms with E-state index < -0.39 is 17.5 Å². The van der Waals surface area contributed by atoms with Crippen LogP contribution >= 0.6 is 11.6 Å². The van der Waals surface area contributed by atoms with Gasteiger partial charge < -0.3 is 0 Å². The Labute approximate surface area is 102 Å². The molecule has 0 bridgehead atoms. The molecule has 1 fully saturated rings. The molecule has 2 amide bonds. The predicted molar refractivity (Wildman–Crippen MR) is 59.5 cm³/mol. The van der Waals surface area contributed by atoms with Crippen LogP contribution in [0.5, 0.6) is 0 Å². The first-order chi connectivity index (χ1) is 8.08. The number of hydrogen-bond donors (Lipinski definition) is 1. The van der Waals surface area contributed by atoms with E-state index in [4.69, 9.17) is 11.6 Å². The highest BCUT2D eigenvalue weighted by atomic mass is 35.5. The standard InChI is InChI=1S/C10H10ClN3O3/c11-7-4-5-9(16)14(13-7)6-2-1-3-8(15)12-10(6)17/h4-6H,1-3H2,(H,12,15,17). The highest BCUT2D eigenvalue weighted by Crippen LogP contribution is 2.16. The fourth-order valence-electron chi connectivity index (χ4n) is 1.73. The second-order valence-electron chi connectivity index (χ2n) is 3.76. The maximum atomic E-state index is 11.7. The van der Waals surface area contributed by atoms with Gasteiger partial charge in [-0.25, -0.2) is 4.68 Å². The highest BCUT2D eigenvalue weighted by Gasteiger charge is 2.27. The van der Waals surface area contributed by atoms with Crippen molar-refractivity contribution < 1.29 is 9.59 Å². The van der Waals surface area contributed by atoms with E-state index in [0.29, 0.717) is 12.8 Å². The summed E-state index contributed by atoms with van der Waals surface area (Å²) in [5, 5.41) is 6.16. The summed E-state index contributed by atoms with van der Waals surface area (Å²) in [6, 6.07) is 1.84. The predicted octanol–water partition coefficient (Wildman–Crippen LogP) is 0.265. The zero-order chi connectivity index (χ0) is 12.4. The Hall–Kier alpha value is -1.69. The average Bonchev–Trinajstić information content (AvgIpc) is 2.43. The average molecular weight is 256 g/mol. The highest BCUT2D eigenvalue weighted by molar-refractivity contribution is 6.29. The van der Waals surface area contributed by atoms with Crippen molar-refractivity contribution >= 4 is 23.4 Å². The number of carbonyl (C=O) groups excluding carboxylic acids is 2. The zero-order valence-corrected chi connectivity index (χ0v) is 9.61. The molecule has 1 N–H and O–H groups in total. The van der Waals surface area contributed by atoms with Gasteiger partial charge in [-0.1, -0.05) is 11.6 Å². The number of imide groups is 1. The fraction of sp³-hybridized carbons (Fsp3) is 0.400. The molecule has 6 nitrogen and oxygen atoms in total. The summed E-state index contributed by atoms with van der Waals surface area (Å²) in [5.41, 5.74) is -0.413. The van der Waals surface area contributed by atoms with Crippen LogP contribution < -0.4 is 10.9 Å². The molecule has 90 valence electrons. The normalized spacial score (nSPS) is 20.9. The van der Waals surface area contributed by atoms with Crippen LogP contribution in [0.15, 0.2) is 16.9 Å². The van der Waals surface area contributed by atoms with Crippen molar-refractivity contribution in [3.05, 3.63) is 27.6 Å². The minimum Gasteiger partial charge on any atom is -0.295 e. The molecule has 1 aliphatic rings. The molecule has 1 aromatic heterocycles. The molecular weight excluding hydrogens is 246 g/mol. The molecule has 0 radical (unpaired) electrons. The van der Waals surface area contributed by atoms with Crippen LogP contribution in [-0.4, -0.2) is 21.6 Å². The van der Waals surface area contributed by atoms with Crippen LogP contribution in [0.4, 0.5) is 0 Å². The number of carbonyl (C=O) groups is 2. The minimum absolute atomic E-state index is 0.132. The van der Waals surface area contributed by atoms with Crippen molar-refractivity contribution in [2.45, 2.75) is 25.3 Å². The van der Waals surface area contributed by atoms with Crippen LogP contribution in [0.2, 0.25) is 5.15 Å². The summed E-state index contributed by atoms with van der Waals surface area (Å²) in [7, 11) is 0. The summed E-state index contributed by atoms with van der Waals surface area (Å²) in [6.07, 6.45) is 1.20. The van der Waals surface area contributed by atoms with E-state index in [1.54, 1.807) is 0 Å². The van der Waals surface area contributed by atoms with E-state index in [0.717, 1.165) is 4.68 Å². The van der Waals surface area contributed by atoms with Gasteiger partial charge in [0.05, 0.1) is 0 Å². The van der Waals surface area contributed by atoms with Gasteiger partial charge in [0.15, 0.2) is 0 Å². The molecule has 1 aliphatic heterocycles. The molecular formula is C10H10ClN3O3. The summed E-state index contributed by atoms with van der Waals surface area (Å²) in [4.78, 5) is 34.5. The van der Waals surface area contributed by atoms with Gasteiger partial charge in [0, 0.05) is 12.5 Å². The van der Waals surface area contributed by atoms with E-state index in [9.17, 15) is 14.4 Å². The minimum atomic E-state index is -0.771. The molecule has 0 aliphatic carbocycles. The second-order valence-corrected chi connectivity index (χ2v) is 4.15. The summed E-state index contributed by atoms with van der Waals surface area (Å²) in [6.45, 7) is 0. The largest absolute Gasteiger partial charge is 0.295 e. The topological polar surface area (TPSA) is 81.1 Å². The van der Waals surface area contributed by atoms with E-state index in [1.807, 2.05) is 0 Å². The smallest absolute Gasteiger partial charge is 0.267 e. The fourth-order valence-corrected chi connectivity index (χ4v) is 1.87. The molecule has 0 saturated carbocycles. The molecule has 17 heavy (non-hydrogen) atoms. The first-order valence-corrected chi connectivity index (χ1v) is 5.55. The van der Waals surface area contributed by atoms with E-state index in [-0.39, 0.29) is 17.5 Å². The van der Waals surface area contributed by atoms with Gasteiger partial charge in [0.2, 0.25) is 5.91 Å². The quantitative estimate of drug-likeness (QED) is 0.730. The van der Waals surface area contributed by atoms with E-state index in [1.165, 1.54) is 12.1 Å². The molecule has 1 aromatic rings. The maximum absolute atomic E-state index is 11.7. The monoisotopic (exact) mass is 255 g/mol. The Morgan fingerprint density at radius 3 is 2.88 bits per heavy atom. The van der Waals surface area contributed by atoms with Gasteiger partial charge in [0.1, 0.15) is 11.2 Å². The van der Waals surface area contributed by atoms with Gasteiger partial charge in [-0.2, -0.15) is 5.10 Å². The molecule has 1 atom stereocenters. The van der Waals surface area contributed by atoms with Crippen molar-refractivity contribution in [3.63, 3.8) is 0 Å². The lowest BCUT2D eigenvalue weighted by molar-refractivity contribution is -0.131. The van der Waals surface area contributed by atoms with Crippen molar-refractivity contribution in [2.75, 3.05) is 0 Å². The number of hydrogen-bond acceptors (Lipinski definition) is 4. The number of rotatable bonds is 1. The third-order valence-electron chi connectivity index (χ3n) is 2.53. The first-order valence-electron chi connectivity index (χ1n) is 5.17. The number of amides is 2. The molecule has 7 heteroatoms. The zero-order valence-electron chi connectivity index (χ0n) is 8.85. The van der Waals surface area contributed by atoms with Gasteiger partial charge in [-0.15, -0.1) is 0 Å². The lowest BCUT2D eigenvalue weighted by Gasteiger charge is -2.14. The maximum Gasteiger partial charge on any atom is 0.267 e. The third kappa shape index (κ3) is 2.52. The SMILES string of the molecule is O=C1CCCC(n2nc(Cl)ccc2=O)C(=O)N1. The number of nitrogens with one attached hydrogen (secondary N) is 1. The number of aromatic nitrogens is 2. The van der Waals surface area contributed by atoms with Crippen LogP contribution in [-0.2, 0) is 9.59 Å². The number of nitrogens with zero attached hydrogens (tertiary/aromatic N) is 2. The molecule has 2 rings (SSSR count). The van der Waals surface area contributed by atoms with Crippen molar-refractivity contribution in [1.82, 2.24) is 15.1 Å². The van der Waals surface area contributed by atoms with Gasteiger partial charge in [-0.3, -0.25) is 19.7 Å². The van der Waals surface area contributed by atoms with Gasteiger partial charge in [-0.05, 0) is 18.9 Å². The van der Waals surface area contributed by atoms with Crippen molar-refractivity contribution in [1.29, 1.82) is 0 Å². The number of halogens is 1. The molecule has 1 saturated heterocycles. The van der Waals surface area contributed by atoms with Crippen molar-refractivity contribution in [3.8, 4) is 0 Å². The Morgan fingerprint density at radius 1 is 1.35 bits per heavy atom.